The Bertz CT molecular complexity index is 876. The number of nitrogens with zero attached hydrogens (tertiary/aromatic N) is 2. The van der Waals surface area contributed by atoms with Crippen LogP contribution in [0.4, 0.5) is 18.9 Å². The largest absolute Gasteiger partial charge is 0.478 e. The molecule has 2 rings (SSSR count). The summed E-state index contributed by atoms with van der Waals surface area (Å²) in [5, 5.41) is 12.9. The molecule has 0 fully saturated rings. The Morgan fingerprint density at radius 1 is 1.12 bits per heavy atom. The van der Waals surface area contributed by atoms with Gasteiger partial charge in [0.15, 0.2) is 0 Å². The van der Waals surface area contributed by atoms with E-state index in [1.807, 2.05) is 0 Å². The SMILES string of the molecule is Cc1ccc(N(/N=C/c2cccc(C(=O)O)c2)C(=O)C(F)(F)F)c(C)c1. The van der Waals surface area contributed by atoms with E-state index in [0.29, 0.717) is 5.56 Å². The number of carbonyl (C=O) groups excluding carboxylic acids is 1. The van der Waals surface area contributed by atoms with Gasteiger partial charge < -0.3 is 5.11 Å². The second-order valence-corrected chi connectivity index (χ2v) is 5.58. The summed E-state index contributed by atoms with van der Waals surface area (Å²) in [4.78, 5) is 22.8. The fraction of sp³-hybridized carbons (Fsp3) is 0.167. The molecule has 8 heteroatoms. The molecule has 5 nitrogen and oxygen atoms in total. The number of aryl methyl sites for hydroxylation is 2. The maximum absolute atomic E-state index is 12.9. The van der Waals surface area contributed by atoms with E-state index in [9.17, 15) is 22.8 Å². The summed E-state index contributed by atoms with van der Waals surface area (Å²) >= 11 is 0. The fourth-order valence-electron chi connectivity index (χ4n) is 2.26. The molecule has 0 aliphatic heterocycles. The third kappa shape index (κ3) is 4.47. The third-order valence-corrected chi connectivity index (χ3v) is 3.47. The zero-order valence-corrected chi connectivity index (χ0v) is 13.9. The zero-order valence-electron chi connectivity index (χ0n) is 13.9. The van der Waals surface area contributed by atoms with Gasteiger partial charge in [-0.2, -0.15) is 23.3 Å². The molecule has 0 aliphatic carbocycles. The molecule has 0 unspecified atom stereocenters. The van der Waals surface area contributed by atoms with Gasteiger partial charge in [0, 0.05) is 0 Å². The first-order valence-corrected chi connectivity index (χ1v) is 7.45. The average molecular weight is 364 g/mol. The Kier molecular flexibility index (Phi) is 5.44. The van der Waals surface area contributed by atoms with Crippen LogP contribution in [0.15, 0.2) is 47.6 Å². The molecule has 0 atom stereocenters. The number of alkyl halides is 3. The van der Waals surface area contributed by atoms with Crippen molar-refractivity contribution in [2.24, 2.45) is 5.10 Å². The second-order valence-electron chi connectivity index (χ2n) is 5.58. The van der Waals surface area contributed by atoms with Crippen LogP contribution in [-0.4, -0.2) is 29.4 Å². The Balaban J connectivity index is 2.46. The van der Waals surface area contributed by atoms with Gasteiger partial charge in [-0.1, -0.05) is 29.8 Å². The fourth-order valence-corrected chi connectivity index (χ4v) is 2.26. The van der Waals surface area contributed by atoms with E-state index in [-0.39, 0.29) is 21.8 Å². The Hall–Kier alpha value is -3.16. The first-order chi connectivity index (χ1) is 12.1. The van der Waals surface area contributed by atoms with Crippen molar-refractivity contribution in [3.8, 4) is 0 Å². The number of hydrogen-bond donors (Lipinski definition) is 1. The normalized spacial score (nSPS) is 11.6. The van der Waals surface area contributed by atoms with Crippen LogP contribution in [0, 0.1) is 13.8 Å². The lowest BCUT2D eigenvalue weighted by molar-refractivity contribution is -0.170. The summed E-state index contributed by atoms with van der Waals surface area (Å²) in [6, 6.07) is 10.0. The quantitative estimate of drug-likeness (QED) is 0.660. The number of hydrogen-bond acceptors (Lipinski definition) is 3. The van der Waals surface area contributed by atoms with Crippen LogP contribution in [0.5, 0.6) is 0 Å². The van der Waals surface area contributed by atoms with Crippen LogP contribution >= 0.6 is 0 Å². The minimum Gasteiger partial charge on any atom is -0.478 e. The molecular formula is C18H15F3N2O3. The molecule has 26 heavy (non-hydrogen) atoms. The molecule has 0 radical (unpaired) electrons. The maximum Gasteiger partial charge on any atom is 0.473 e. The number of aromatic carboxylic acids is 1. The number of anilines is 1. The summed E-state index contributed by atoms with van der Waals surface area (Å²) in [7, 11) is 0. The van der Waals surface area contributed by atoms with Crippen LogP contribution in [0.3, 0.4) is 0 Å². The molecule has 1 N–H and O–H groups in total. The average Bonchev–Trinajstić information content (AvgIpc) is 2.55. The maximum atomic E-state index is 12.9. The van der Waals surface area contributed by atoms with Crippen molar-refractivity contribution >= 4 is 23.8 Å². The van der Waals surface area contributed by atoms with Crippen molar-refractivity contribution in [2.45, 2.75) is 20.0 Å². The van der Waals surface area contributed by atoms with Crippen molar-refractivity contribution in [3.63, 3.8) is 0 Å². The summed E-state index contributed by atoms with van der Waals surface area (Å²) in [5.41, 5.74) is 1.45. The molecule has 0 saturated carbocycles. The first-order valence-electron chi connectivity index (χ1n) is 7.45. The standard InChI is InChI=1S/C18H15F3N2O3/c1-11-6-7-15(12(2)8-11)23(17(26)18(19,20)21)22-10-13-4-3-5-14(9-13)16(24)25/h3-10H,1-2H3,(H,24,25)/b22-10+. The number of amides is 1. The molecule has 0 aliphatic rings. The highest BCUT2D eigenvalue weighted by molar-refractivity contribution is 5.99. The molecule has 0 bridgehead atoms. The summed E-state index contributed by atoms with van der Waals surface area (Å²) < 4.78 is 38.8. The van der Waals surface area contributed by atoms with E-state index in [0.717, 1.165) is 11.8 Å². The van der Waals surface area contributed by atoms with Gasteiger partial charge in [0.1, 0.15) is 0 Å². The highest BCUT2D eigenvalue weighted by Gasteiger charge is 2.43. The number of benzene rings is 2. The lowest BCUT2D eigenvalue weighted by Crippen LogP contribution is -2.38. The van der Waals surface area contributed by atoms with Gasteiger partial charge in [0.25, 0.3) is 0 Å². The molecule has 2 aromatic carbocycles. The van der Waals surface area contributed by atoms with Gasteiger partial charge in [0.05, 0.1) is 17.5 Å². The molecule has 2 aromatic rings. The summed E-state index contributed by atoms with van der Waals surface area (Å²) in [5.74, 6) is -3.33. The van der Waals surface area contributed by atoms with Gasteiger partial charge in [-0.15, -0.1) is 0 Å². The lowest BCUT2D eigenvalue weighted by Gasteiger charge is -2.20. The number of rotatable bonds is 4. The molecule has 0 heterocycles. The van der Waals surface area contributed by atoms with E-state index in [1.54, 1.807) is 26.0 Å². The highest BCUT2D eigenvalue weighted by atomic mass is 19.4. The Morgan fingerprint density at radius 2 is 1.81 bits per heavy atom. The number of hydrazone groups is 1. The third-order valence-electron chi connectivity index (χ3n) is 3.47. The number of carboxylic acids is 1. The van der Waals surface area contributed by atoms with E-state index in [4.69, 9.17) is 5.11 Å². The molecule has 0 saturated heterocycles. The van der Waals surface area contributed by atoms with Crippen LogP contribution in [0.2, 0.25) is 0 Å². The second kappa shape index (κ2) is 7.38. The van der Waals surface area contributed by atoms with Gasteiger partial charge in [-0.25, -0.2) is 4.79 Å². The topological polar surface area (TPSA) is 70.0 Å². The van der Waals surface area contributed by atoms with Crippen LogP contribution in [0.25, 0.3) is 0 Å². The van der Waals surface area contributed by atoms with Crippen LogP contribution < -0.4 is 5.01 Å². The van der Waals surface area contributed by atoms with Gasteiger partial charge in [-0.3, -0.25) is 4.79 Å². The van der Waals surface area contributed by atoms with Crippen molar-refractivity contribution in [3.05, 3.63) is 64.7 Å². The van der Waals surface area contributed by atoms with E-state index in [1.165, 1.54) is 30.3 Å². The summed E-state index contributed by atoms with van der Waals surface area (Å²) in [6.07, 6.45) is -4.10. The minimum absolute atomic E-state index is 0.0106. The molecule has 0 aromatic heterocycles. The molecule has 1 amide bonds. The lowest BCUT2D eigenvalue weighted by atomic mass is 10.1. The zero-order chi connectivity index (χ0) is 19.5. The monoisotopic (exact) mass is 364 g/mol. The van der Waals surface area contributed by atoms with Crippen LogP contribution in [-0.2, 0) is 4.79 Å². The number of halogens is 3. The number of carboxylic acid groups (broad SMARTS) is 1. The van der Waals surface area contributed by atoms with E-state index < -0.39 is 18.1 Å². The predicted octanol–water partition coefficient (Wildman–Crippen LogP) is 3.93. The predicted molar refractivity (Wildman–Crippen MR) is 90.5 cm³/mol. The Morgan fingerprint density at radius 3 is 2.38 bits per heavy atom. The molecular weight excluding hydrogens is 349 g/mol. The molecule has 136 valence electrons. The van der Waals surface area contributed by atoms with E-state index >= 15 is 0 Å². The van der Waals surface area contributed by atoms with Gasteiger partial charge in [-0.05, 0) is 43.2 Å². The van der Waals surface area contributed by atoms with Crippen molar-refractivity contribution < 1.29 is 27.9 Å². The van der Waals surface area contributed by atoms with Gasteiger partial charge in [0.2, 0.25) is 0 Å². The first kappa shape index (κ1) is 19.2. The van der Waals surface area contributed by atoms with Gasteiger partial charge >= 0.3 is 18.1 Å². The van der Waals surface area contributed by atoms with Crippen molar-refractivity contribution in [1.29, 1.82) is 0 Å². The van der Waals surface area contributed by atoms with Crippen molar-refractivity contribution in [2.75, 3.05) is 5.01 Å². The van der Waals surface area contributed by atoms with E-state index in [2.05, 4.69) is 5.10 Å². The smallest absolute Gasteiger partial charge is 0.473 e. The van der Waals surface area contributed by atoms with Crippen molar-refractivity contribution in [1.82, 2.24) is 0 Å². The Labute approximate surface area is 147 Å². The van der Waals surface area contributed by atoms with Crippen LogP contribution in [0.1, 0.15) is 27.0 Å². The summed E-state index contributed by atoms with van der Waals surface area (Å²) in [6.45, 7) is 3.34. The molecule has 0 spiro atoms. The number of carbonyl (C=O) groups is 2. The minimum atomic E-state index is -5.11. The highest BCUT2D eigenvalue weighted by Crippen LogP contribution is 2.27.